The van der Waals surface area contributed by atoms with Crippen LogP contribution in [0.2, 0.25) is 4.34 Å². The van der Waals surface area contributed by atoms with E-state index in [1.165, 1.54) is 35.5 Å². The van der Waals surface area contributed by atoms with Gasteiger partial charge in [-0.2, -0.15) is 13.2 Å². The molecular weight excluding hydrogens is 381 g/mol. The van der Waals surface area contributed by atoms with Crippen LogP contribution in [-0.4, -0.2) is 25.9 Å². The van der Waals surface area contributed by atoms with Crippen molar-refractivity contribution in [2.24, 2.45) is 0 Å². The molecule has 3 rings (SSSR count). The summed E-state index contributed by atoms with van der Waals surface area (Å²) in [6.07, 6.45) is -1.36. The van der Waals surface area contributed by atoms with Gasteiger partial charge in [0, 0.05) is 28.6 Å². The van der Waals surface area contributed by atoms with Crippen molar-refractivity contribution in [3.8, 4) is 11.4 Å². The van der Waals surface area contributed by atoms with Crippen LogP contribution in [0.5, 0.6) is 0 Å². The van der Waals surface area contributed by atoms with Crippen LogP contribution in [0, 0.1) is 0 Å². The normalized spacial score (nSPS) is 11.8. The Bertz CT molecular complexity index is 817. The van der Waals surface area contributed by atoms with Crippen LogP contribution in [-0.2, 0) is 12.3 Å². The molecule has 0 fully saturated rings. The Labute approximate surface area is 148 Å². The van der Waals surface area contributed by atoms with Crippen LogP contribution in [0.4, 0.5) is 13.2 Å². The van der Waals surface area contributed by atoms with E-state index in [1.54, 1.807) is 18.2 Å². The molecule has 0 aliphatic heterocycles. The second kappa shape index (κ2) is 7.12. The maximum atomic E-state index is 12.9. The van der Waals surface area contributed by atoms with Gasteiger partial charge in [0.25, 0.3) is 0 Å². The van der Waals surface area contributed by atoms with Crippen LogP contribution in [0.3, 0.4) is 0 Å². The molecule has 0 radical (unpaired) electrons. The van der Waals surface area contributed by atoms with Gasteiger partial charge in [-0.05, 0) is 24.3 Å². The van der Waals surface area contributed by atoms with E-state index in [0.717, 1.165) is 9.44 Å². The number of rotatable bonds is 5. The molecule has 0 spiro atoms. The van der Waals surface area contributed by atoms with Crippen molar-refractivity contribution in [2.45, 2.75) is 23.6 Å². The van der Waals surface area contributed by atoms with Crippen LogP contribution in [0.25, 0.3) is 11.4 Å². The Kier molecular flexibility index (Phi) is 5.12. The summed E-state index contributed by atoms with van der Waals surface area (Å²) in [5, 5.41) is 8.07. The third-order valence-electron chi connectivity index (χ3n) is 2.97. The Morgan fingerprint density at radius 2 is 1.88 bits per heavy atom. The molecule has 0 aliphatic rings. The average molecular weight is 391 g/mol. The summed E-state index contributed by atoms with van der Waals surface area (Å²) in [6, 6.07) is 6.80. The van der Waals surface area contributed by atoms with E-state index in [0.29, 0.717) is 15.7 Å². The second-order valence-corrected chi connectivity index (χ2v) is 7.48. The predicted octanol–water partition coefficient (Wildman–Crippen LogP) is 4.91. The maximum absolute atomic E-state index is 12.9. The topological polar surface area (TPSA) is 43.6 Å². The van der Waals surface area contributed by atoms with Gasteiger partial charge < -0.3 is 0 Å². The first kappa shape index (κ1) is 17.2. The van der Waals surface area contributed by atoms with Crippen LogP contribution in [0.15, 0.2) is 41.8 Å². The minimum absolute atomic E-state index is 0.168. The van der Waals surface area contributed by atoms with Gasteiger partial charge in [0.15, 0.2) is 11.0 Å². The highest BCUT2D eigenvalue weighted by Gasteiger charge is 2.31. The largest absolute Gasteiger partial charge is 0.406 e. The van der Waals surface area contributed by atoms with Gasteiger partial charge in [-0.15, -0.1) is 21.5 Å². The SMILES string of the molecule is FC(F)(F)Cn1c(SCc2ccc(Cl)s2)nnc1-c1ccncc1. The van der Waals surface area contributed by atoms with Gasteiger partial charge in [0.2, 0.25) is 0 Å². The number of thioether (sulfide) groups is 1. The van der Waals surface area contributed by atoms with Crippen molar-refractivity contribution < 1.29 is 13.2 Å². The standard InChI is InChI=1S/C14H10ClF3N4S2/c15-11-2-1-10(24-11)7-23-13-21-20-12(9-3-5-19-6-4-9)22(13)8-14(16,17)18/h1-6H,7-8H2. The summed E-state index contributed by atoms with van der Waals surface area (Å²) in [4.78, 5) is 4.82. The highest BCUT2D eigenvalue weighted by molar-refractivity contribution is 7.98. The Morgan fingerprint density at radius 1 is 1.12 bits per heavy atom. The molecule has 0 saturated carbocycles. The summed E-state index contributed by atoms with van der Waals surface area (Å²) in [5.41, 5.74) is 0.535. The van der Waals surface area contributed by atoms with Crippen LogP contribution >= 0.6 is 34.7 Å². The third kappa shape index (κ3) is 4.28. The highest BCUT2D eigenvalue weighted by Crippen LogP contribution is 2.32. The van der Waals surface area contributed by atoms with Gasteiger partial charge >= 0.3 is 6.18 Å². The zero-order valence-corrected chi connectivity index (χ0v) is 14.4. The molecule has 0 aliphatic carbocycles. The van der Waals surface area contributed by atoms with Crippen molar-refractivity contribution in [1.82, 2.24) is 19.7 Å². The van der Waals surface area contributed by atoms with Crippen molar-refractivity contribution in [3.05, 3.63) is 45.9 Å². The van der Waals surface area contributed by atoms with Gasteiger partial charge in [0.05, 0.1) is 4.34 Å². The smallest absolute Gasteiger partial charge is 0.293 e. The molecule has 0 amide bonds. The molecule has 0 atom stereocenters. The number of hydrogen-bond acceptors (Lipinski definition) is 5. The lowest BCUT2D eigenvalue weighted by Crippen LogP contribution is -2.19. The summed E-state index contributed by atoms with van der Waals surface area (Å²) in [5.74, 6) is 0.644. The van der Waals surface area contributed by atoms with Crippen molar-refractivity contribution in [2.75, 3.05) is 0 Å². The molecule has 0 bridgehead atoms. The maximum Gasteiger partial charge on any atom is 0.406 e. The zero-order valence-electron chi connectivity index (χ0n) is 12.0. The number of aromatic nitrogens is 4. The highest BCUT2D eigenvalue weighted by atomic mass is 35.5. The first-order chi connectivity index (χ1) is 11.4. The van der Waals surface area contributed by atoms with Crippen molar-refractivity contribution >= 4 is 34.7 Å². The molecule has 4 nitrogen and oxygen atoms in total. The Balaban J connectivity index is 1.89. The predicted molar refractivity (Wildman–Crippen MR) is 88.2 cm³/mol. The minimum atomic E-state index is -4.37. The summed E-state index contributed by atoms with van der Waals surface area (Å²) in [7, 11) is 0. The number of nitrogens with zero attached hydrogens (tertiary/aromatic N) is 4. The molecule has 3 heterocycles. The van der Waals surface area contributed by atoms with Crippen molar-refractivity contribution in [1.29, 1.82) is 0 Å². The quantitative estimate of drug-likeness (QED) is 0.580. The Hall–Kier alpha value is -1.58. The van der Waals surface area contributed by atoms with Crippen molar-refractivity contribution in [3.63, 3.8) is 0 Å². The zero-order chi connectivity index (χ0) is 17.2. The number of halogens is 4. The molecule has 0 saturated heterocycles. The van der Waals surface area contributed by atoms with Gasteiger partial charge in [-0.25, -0.2) is 0 Å². The molecule has 3 aromatic heterocycles. The fraction of sp³-hybridized carbons (Fsp3) is 0.214. The summed E-state index contributed by atoms with van der Waals surface area (Å²) in [6.45, 7) is -1.15. The fourth-order valence-corrected chi connectivity index (χ4v) is 4.07. The van der Waals surface area contributed by atoms with E-state index >= 15 is 0 Å². The van der Waals surface area contributed by atoms with Gasteiger partial charge in [-0.3, -0.25) is 9.55 Å². The molecule has 0 N–H and O–H groups in total. The van der Waals surface area contributed by atoms with E-state index in [-0.39, 0.29) is 11.0 Å². The average Bonchev–Trinajstić information content (AvgIpc) is 3.11. The van der Waals surface area contributed by atoms with E-state index in [1.807, 2.05) is 6.07 Å². The van der Waals surface area contributed by atoms with Gasteiger partial charge in [-0.1, -0.05) is 23.4 Å². The molecule has 24 heavy (non-hydrogen) atoms. The monoisotopic (exact) mass is 390 g/mol. The lowest BCUT2D eigenvalue weighted by molar-refractivity contribution is -0.141. The third-order valence-corrected chi connectivity index (χ3v) is 5.39. The van der Waals surface area contributed by atoms with Crippen LogP contribution < -0.4 is 0 Å². The summed E-state index contributed by atoms with van der Waals surface area (Å²) < 4.78 is 40.6. The Morgan fingerprint density at radius 3 is 2.50 bits per heavy atom. The molecule has 0 unspecified atom stereocenters. The van der Waals surface area contributed by atoms with E-state index in [4.69, 9.17) is 11.6 Å². The van der Waals surface area contributed by atoms with E-state index in [9.17, 15) is 13.2 Å². The minimum Gasteiger partial charge on any atom is -0.293 e. The van der Waals surface area contributed by atoms with Gasteiger partial charge in [0.1, 0.15) is 6.54 Å². The number of alkyl halides is 3. The molecule has 3 aromatic rings. The number of pyridine rings is 1. The lowest BCUT2D eigenvalue weighted by atomic mass is 10.2. The van der Waals surface area contributed by atoms with E-state index < -0.39 is 12.7 Å². The lowest BCUT2D eigenvalue weighted by Gasteiger charge is -2.12. The first-order valence-electron chi connectivity index (χ1n) is 6.70. The van der Waals surface area contributed by atoms with Crippen LogP contribution in [0.1, 0.15) is 4.88 Å². The first-order valence-corrected chi connectivity index (χ1v) is 8.88. The molecule has 10 heteroatoms. The summed E-state index contributed by atoms with van der Waals surface area (Å²) >= 11 is 8.45. The van der Waals surface area contributed by atoms with E-state index in [2.05, 4.69) is 15.2 Å². The number of thiophene rings is 1. The molecule has 0 aromatic carbocycles. The number of hydrogen-bond donors (Lipinski definition) is 0. The second-order valence-electron chi connectivity index (χ2n) is 4.74. The molecular formula is C14H10ClF3N4S2. The molecule has 126 valence electrons. The fourth-order valence-electron chi connectivity index (χ4n) is 2.00.